The van der Waals surface area contributed by atoms with Crippen molar-refractivity contribution in [1.29, 1.82) is 0 Å². The Balaban J connectivity index is 1.83. The maximum Gasteiger partial charge on any atom is 0.114 e. The van der Waals surface area contributed by atoms with Gasteiger partial charge in [-0.05, 0) is 32.1 Å². The first kappa shape index (κ1) is 27.6. The van der Waals surface area contributed by atoms with Crippen molar-refractivity contribution in [1.82, 2.24) is 0 Å². The maximum atomic E-state index is 9.90. The molecule has 5 nitrogen and oxygen atoms in total. The van der Waals surface area contributed by atoms with E-state index in [1.54, 1.807) is 0 Å². The lowest BCUT2D eigenvalue weighted by molar-refractivity contribution is -0.0938. The van der Waals surface area contributed by atoms with Crippen LogP contribution in [-0.2, 0) is 9.47 Å². The van der Waals surface area contributed by atoms with Crippen LogP contribution in [0.5, 0.6) is 0 Å². The Labute approximate surface area is 184 Å². The van der Waals surface area contributed by atoms with Crippen molar-refractivity contribution in [2.24, 2.45) is 0 Å². The summed E-state index contributed by atoms with van der Waals surface area (Å²) < 4.78 is 11.1. The fourth-order valence-corrected chi connectivity index (χ4v) is 4.00. The van der Waals surface area contributed by atoms with E-state index in [1.807, 2.05) is 0 Å². The molecule has 1 heterocycles. The third-order valence-electron chi connectivity index (χ3n) is 5.95. The molecule has 0 bridgehead atoms. The monoisotopic (exact) mass is 428 g/mol. The Bertz CT molecular complexity index is 401. The van der Waals surface area contributed by atoms with Gasteiger partial charge in [0.05, 0.1) is 13.2 Å². The highest BCUT2D eigenvalue weighted by molar-refractivity contribution is 4.89. The molecule has 178 valence electrons. The smallest absolute Gasteiger partial charge is 0.114 e. The number of aliphatic hydroxyl groups is 3. The van der Waals surface area contributed by atoms with Gasteiger partial charge in [-0.2, -0.15) is 0 Å². The van der Waals surface area contributed by atoms with Crippen LogP contribution in [-0.4, -0.2) is 59.6 Å². The fraction of sp³-hybridized carbons (Fsp3) is 0.920. The highest BCUT2D eigenvalue weighted by Gasteiger charge is 2.40. The molecule has 1 fully saturated rings. The molecule has 30 heavy (non-hydrogen) atoms. The lowest BCUT2D eigenvalue weighted by Gasteiger charge is -2.23. The first-order chi connectivity index (χ1) is 14.7. The number of ether oxygens (including phenoxy) is 2. The Morgan fingerprint density at radius 2 is 1.40 bits per heavy atom. The van der Waals surface area contributed by atoms with Crippen LogP contribution in [0.25, 0.3) is 0 Å². The van der Waals surface area contributed by atoms with Gasteiger partial charge in [-0.25, -0.2) is 0 Å². The molecule has 0 radical (unpaired) electrons. The average Bonchev–Trinajstić information content (AvgIpc) is 3.12. The molecule has 1 saturated heterocycles. The summed E-state index contributed by atoms with van der Waals surface area (Å²) >= 11 is 0. The molecule has 0 unspecified atom stereocenters. The number of rotatable bonds is 20. The van der Waals surface area contributed by atoms with Crippen LogP contribution in [0.2, 0.25) is 0 Å². The maximum absolute atomic E-state index is 9.90. The second-order valence-electron chi connectivity index (χ2n) is 8.74. The summed E-state index contributed by atoms with van der Waals surface area (Å²) in [5.41, 5.74) is 0. The lowest BCUT2D eigenvalue weighted by atomic mass is 10.1. The molecule has 0 aromatic heterocycles. The van der Waals surface area contributed by atoms with E-state index < -0.39 is 24.4 Å². The zero-order valence-electron chi connectivity index (χ0n) is 19.4. The molecule has 0 aromatic carbocycles. The molecule has 0 saturated carbocycles. The molecular weight excluding hydrogens is 380 g/mol. The Hall–Kier alpha value is -0.460. The van der Waals surface area contributed by atoms with Crippen molar-refractivity contribution in [2.75, 3.05) is 19.8 Å². The van der Waals surface area contributed by atoms with Crippen molar-refractivity contribution in [3.63, 3.8) is 0 Å². The van der Waals surface area contributed by atoms with Crippen LogP contribution < -0.4 is 0 Å². The highest BCUT2D eigenvalue weighted by Crippen LogP contribution is 2.21. The normalized spacial score (nSPS) is 22.9. The second kappa shape index (κ2) is 19.2. The van der Waals surface area contributed by atoms with E-state index in [-0.39, 0.29) is 13.2 Å². The fourth-order valence-electron chi connectivity index (χ4n) is 4.00. The van der Waals surface area contributed by atoms with E-state index in [0.717, 1.165) is 12.8 Å². The van der Waals surface area contributed by atoms with Gasteiger partial charge in [0.15, 0.2) is 0 Å². The zero-order valence-corrected chi connectivity index (χ0v) is 19.4. The molecule has 0 aromatic rings. The molecule has 1 aliphatic rings. The molecule has 0 aliphatic carbocycles. The topological polar surface area (TPSA) is 79.2 Å². The predicted octanol–water partition coefficient (Wildman–Crippen LogP) is 4.91. The Kier molecular flexibility index (Phi) is 17.7. The Morgan fingerprint density at radius 3 is 1.97 bits per heavy atom. The number of allylic oxidation sites excluding steroid dienone is 2. The van der Waals surface area contributed by atoms with Gasteiger partial charge in [0.1, 0.15) is 24.4 Å². The van der Waals surface area contributed by atoms with Gasteiger partial charge in [0.2, 0.25) is 0 Å². The van der Waals surface area contributed by atoms with Crippen molar-refractivity contribution < 1.29 is 24.8 Å². The summed E-state index contributed by atoms with van der Waals surface area (Å²) in [6, 6.07) is 0. The van der Waals surface area contributed by atoms with Crippen LogP contribution in [0.3, 0.4) is 0 Å². The summed E-state index contributed by atoms with van der Waals surface area (Å²) in [6.45, 7) is 2.59. The number of aliphatic hydroxyl groups excluding tert-OH is 3. The molecule has 1 aliphatic heterocycles. The molecule has 0 amide bonds. The zero-order chi connectivity index (χ0) is 21.9. The first-order valence-electron chi connectivity index (χ1n) is 12.6. The number of hydrogen-bond acceptors (Lipinski definition) is 5. The molecule has 1 rings (SSSR count). The largest absolute Gasteiger partial charge is 0.394 e. The van der Waals surface area contributed by atoms with Gasteiger partial charge in [-0.1, -0.05) is 83.3 Å². The minimum absolute atomic E-state index is 0.155. The quantitative estimate of drug-likeness (QED) is 0.190. The third kappa shape index (κ3) is 13.1. The summed E-state index contributed by atoms with van der Waals surface area (Å²) in [5, 5.41) is 28.7. The Morgan fingerprint density at radius 1 is 0.867 bits per heavy atom. The summed E-state index contributed by atoms with van der Waals surface area (Å²) in [5.74, 6) is 0. The van der Waals surface area contributed by atoms with E-state index in [0.29, 0.717) is 6.61 Å². The minimum Gasteiger partial charge on any atom is -0.394 e. The number of hydrogen-bond donors (Lipinski definition) is 3. The molecule has 5 heteroatoms. The van der Waals surface area contributed by atoms with Crippen LogP contribution in [0.15, 0.2) is 12.2 Å². The van der Waals surface area contributed by atoms with Gasteiger partial charge in [-0.15, -0.1) is 0 Å². The van der Waals surface area contributed by atoms with Gasteiger partial charge in [0, 0.05) is 6.61 Å². The standard InChI is InChI=1S/C25H48O5/c1-2-3-4-5-6-7-8-9-10-11-12-13-14-15-16-17-18-19-29-25-23(28)21-30-24(25)22(27)20-26/h6-7,22-28H,2-5,8-21H2,1H3/b7-6+/t22-,23+,24-,25-/m1/s1. The van der Waals surface area contributed by atoms with E-state index in [4.69, 9.17) is 14.6 Å². The predicted molar refractivity (Wildman–Crippen MR) is 123 cm³/mol. The summed E-state index contributed by atoms with van der Waals surface area (Å²) in [4.78, 5) is 0. The number of unbranched alkanes of at least 4 members (excludes halogenated alkanes) is 13. The van der Waals surface area contributed by atoms with Crippen molar-refractivity contribution in [2.45, 2.75) is 128 Å². The molecule has 0 spiro atoms. The van der Waals surface area contributed by atoms with E-state index in [1.165, 1.54) is 83.5 Å². The van der Waals surface area contributed by atoms with E-state index in [9.17, 15) is 10.2 Å². The molecular formula is C25H48O5. The second-order valence-corrected chi connectivity index (χ2v) is 8.74. The van der Waals surface area contributed by atoms with Crippen molar-refractivity contribution in [3.05, 3.63) is 12.2 Å². The molecule has 3 N–H and O–H groups in total. The third-order valence-corrected chi connectivity index (χ3v) is 5.95. The van der Waals surface area contributed by atoms with E-state index in [2.05, 4.69) is 19.1 Å². The van der Waals surface area contributed by atoms with Crippen LogP contribution in [0, 0.1) is 0 Å². The molecule has 4 atom stereocenters. The van der Waals surface area contributed by atoms with Crippen molar-refractivity contribution in [3.8, 4) is 0 Å². The average molecular weight is 429 g/mol. The van der Waals surface area contributed by atoms with Crippen LogP contribution in [0.1, 0.15) is 103 Å². The van der Waals surface area contributed by atoms with Crippen molar-refractivity contribution >= 4 is 0 Å². The van der Waals surface area contributed by atoms with Gasteiger partial charge < -0.3 is 24.8 Å². The first-order valence-corrected chi connectivity index (χ1v) is 12.6. The van der Waals surface area contributed by atoms with Crippen LogP contribution in [0.4, 0.5) is 0 Å². The van der Waals surface area contributed by atoms with Gasteiger partial charge >= 0.3 is 0 Å². The van der Waals surface area contributed by atoms with E-state index >= 15 is 0 Å². The highest BCUT2D eigenvalue weighted by atomic mass is 16.6. The SMILES string of the molecule is CCCCC/C=C/CCCCCCCCCCCCO[C@H]1[C@@H]([C@H](O)CO)OC[C@@H]1O. The minimum atomic E-state index is -1.00. The van der Waals surface area contributed by atoms with Gasteiger partial charge in [0.25, 0.3) is 0 Å². The van der Waals surface area contributed by atoms with Gasteiger partial charge in [-0.3, -0.25) is 0 Å². The van der Waals surface area contributed by atoms with Crippen LogP contribution >= 0.6 is 0 Å². The summed E-state index contributed by atoms with van der Waals surface area (Å²) in [6.07, 6.45) is 21.0. The summed E-state index contributed by atoms with van der Waals surface area (Å²) in [7, 11) is 0. The lowest BCUT2D eigenvalue weighted by Crippen LogP contribution is -2.42.